The summed E-state index contributed by atoms with van der Waals surface area (Å²) < 4.78 is 37.6. The first-order valence-corrected chi connectivity index (χ1v) is 15.2. The van der Waals surface area contributed by atoms with Crippen LogP contribution < -0.4 is 4.74 Å². The number of hydrogen-bond donors (Lipinski definition) is 0. The van der Waals surface area contributed by atoms with Gasteiger partial charge in [0.2, 0.25) is 10.0 Å². The number of aryl methyl sites for hydroxylation is 2. The monoisotopic (exact) mass is 566 g/mol. The molecular formula is C28H46N4O6S. The van der Waals surface area contributed by atoms with Gasteiger partial charge < -0.3 is 24.2 Å². The Bertz CT molecular complexity index is 1090. The van der Waals surface area contributed by atoms with E-state index in [1.165, 1.54) is 20.6 Å². The minimum absolute atomic E-state index is 0.129. The number of esters is 1. The van der Waals surface area contributed by atoms with Gasteiger partial charge in [-0.15, -0.1) is 0 Å². The Labute approximate surface area is 234 Å². The summed E-state index contributed by atoms with van der Waals surface area (Å²) in [5.41, 5.74) is 1.05. The van der Waals surface area contributed by atoms with E-state index in [4.69, 9.17) is 9.47 Å². The first-order chi connectivity index (χ1) is 18.3. The second kappa shape index (κ2) is 13.4. The van der Waals surface area contributed by atoms with Gasteiger partial charge in [0.15, 0.2) is 6.61 Å². The van der Waals surface area contributed by atoms with Crippen LogP contribution in [-0.2, 0) is 24.3 Å². The lowest BCUT2D eigenvalue weighted by Crippen LogP contribution is -2.43. The summed E-state index contributed by atoms with van der Waals surface area (Å²) in [7, 11) is 4.96. The third-order valence-electron chi connectivity index (χ3n) is 8.30. The molecule has 1 amide bonds. The smallest absolute Gasteiger partial charge is 0.321 e. The topological polar surface area (TPSA) is 99.7 Å². The zero-order valence-electron chi connectivity index (χ0n) is 24.6. The summed E-state index contributed by atoms with van der Waals surface area (Å²) in [6, 6.07) is 4.05. The van der Waals surface area contributed by atoms with Crippen LogP contribution in [0.25, 0.3) is 0 Å². The second-order valence-electron chi connectivity index (χ2n) is 11.4. The first-order valence-electron chi connectivity index (χ1n) is 13.7. The van der Waals surface area contributed by atoms with Gasteiger partial charge in [-0.2, -0.15) is 4.31 Å². The number of likely N-dealkylation sites (N-methyl/N-ethyl adjacent to an activating group) is 3. The third kappa shape index (κ3) is 7.93. The molecule has 2 aliphatic rings. The molecule has 0 aromatic heterocycles. The Kier molecular flexibility index (Phi) is 10.8. The average Bonchev–Trinajstić information content (AvgIpc) is 3.35. The normalized spacial score (nSPS) is 22.3. The number of methoxy groups -OCH3 is 1. The molecule has 1 aliphatic heterocycles. The molecule has 1 unspecified atom stereocenters. The summed E-state index contributed by atoms with van der Waals surface area (Å²) >= 11 is 0. The van der Waals surface area contributed by atoms with Crippen molar-refractivity contribution >= 4 is 21.9 Å². The predicted octanol–water partition coefficient (Wildman–Crippen LogP) is 2.13. The summed E-state index contributed by atoms with van der Waals surface area (Å²) in [6.07, 6.45) is 5.26. The summed E-state index contributed by atoms with van der Waals surface area (Å²) in [5.74, 6) is 0.176. The minimum atomic E-state index is -3.94. The average molecular weight is 567 g/mol. The SMILES string of the molecule is COc1cc(C)c(S(=O)(=O)N(C)CC(=O)OCC(=O)N(C)[C@H]2CC[C@H](CN3CCC(N(C)C)C3)CC2)c(C)c1. The van der Waals surface area contributed by atoms with Crippen molar-refractivity contribution in [3.05, 3.63) is 23.3 Å². The number of nitrogens with zero attached hydrogens (tertiary/aromatic N) is 4. The van der Waals surface area contributed by atoms with Gasteiger partial charge in [0.05, 0.1) is 12.0 Å². The van der Waals surface area contributed by atoms with Gasteiger partial charge in [-0.05, 0) is 95.8 Å². The van der Waals surface area contributed by atoms with E-state index >= 15 is 0 Å². The number of rotatable bonds is 11. The lowest BCUT2D eigenvalue weighted by atomic mass is 9.85. The Morgan fingerprint density at radius 3 is 2.13 bits per heavy atom. The fourth-order valence-corrected chi connectivity index (χ4v) is 7.35. The molecule has 0 radical (unpaired) electrons. The highest BCUT2D eigenvalue weighted by Gasteiger charge is 2.31. The van der Waals surface area contributed by atoms with Crippen LogP contribution in [0, 0.1) is 19.8 Å². The fraction of sp³-hybridized carbons (Fsp3) is 0.714. The molecule has 1 saturated heterocycles. The summed E-state index contributed by atoms with van der Waals surface area (Å²) in [5, 5.41) is 0. The minimum Gasteiger partial charge on any atom is -0.497 e. The van der Waals surface area contributed by atoms with Crippen molar-refractivity contribution < 1.29 is 27.5 Å². The maximum absolute atomic E-state index is 13.1. The molecule has 1 heterocycles. The Balaban J connectivity index is 1.44. The lowest BCUT2D eigenvalue weighted by molar-refractivity contribution is -0.152. The number of ether oxygens (including phenoxy) is 2. The van der Waals surface area contributed by atoms with E-state index in [1.807, 2.05) is 0 Å². The zero-order valence-corrected chi connectivity index (χ0v) is 25.4. The number of sulfonamides is 1. The van der Waals surface area contributed by atoms with Crippen molar-refractivity contribution in [3.8, 4) is 5.75 Å². The van der Waals surface area contributed by atoms with Crippen LogP contribution >= 0.6 is 0 Å². The highest BCUT2D eigenvalue weighted by atomic mass is 32.2. The van der Waals surface area contributed by atoms with E-state index < -0.39 is 29.1 Å². The molecule has 0 N–H and O–H groups in total. The van der Waals surface area contributed by atoms with Gasteiger partial charge in [0.1, 0.15) is 12.3 Å². The van der Waals surface area contributed by atoms with Crippen LogP contribution in [0.1, 0.15) is 43.2 Å². The highest BCUT2D eigenvalue weighted by Crippen LogP contribution is 2.30. The zero-order chi connectivity index (χ0) is 28.9. The van der Waals surface area contributed by atoms with Crippen LogP contribution in [0.4, 0.5) is 0 Å². The van der Waals surface area contributed by atoms with Crippen LogP contribution in [-0.4, -0.2) is 119 Å². The second-order valence-corrected chi connectivity index (χ2v) is 13.3. The molecule has 1 aliphatic carbocycles. The van der Waals surface area contributed by atoms with Crippen molar-refractivity contribution in [2.45, 2.75) is 62.9 Å². The van der Waals surface area contributed by atoms with Crippen molar-refractivity contribution in [2.75, 3.05) is 68.1 Å². The van der Waals surface area contributed by atoms with Crippen LogP contribution in [0.15, 0.2) is 17.0 Å². The van der Waals surface area contributed by atoms with Gasteiger partial charge in [0.25, 0.3) is 5.91 Å². The van der Waals surface area contributed by atoms with E-state index in [-0.39, 0.29) is 16.8 Å². The van der Waals surface area contributed by atoms with E-state index in [1.54, 1.807) is 37.9 Å². The van der Waals surface area contributed by atoms with Crippen LogP contribution in [0.2, 0.25) is 0 Å². The molecule has 220 valence electrons. The number of amides is 1. The predicted molar refractivity (Wildman–Crippen MR) is 150 cm³/mol. The molecule has 1 aromatic rings. The van der Waals surface area contributed by atoms with Gasteiger partial charge in [-0.3, -0.25) is 9.59 Å². The molecule has 11 heteroatoms. The fourth-order valence-electron chi connectivity index (χ4n) is 5.83. The third-order valence-corrected chi connectivity index (χ3v) is 10.4. The molecule has 0 spiro atoms. The Morgan fingerprint density at radius 2 is 1.59 bits per heavy atom. The quantitative estimate of drug-likeness (QED) is 0.376. The van der Waals surface area contributed by atoms with E-state index in [0.29, 0.717) is 28.8 Å². The van der Waals surface area contributed by atoms with Crippen LogP contribution in [0.3, 0.4) is 0 Å². The van der Waals surface area contributed by atoms with Crippen molar-refractivity contribution in [3.63, 3.8) is 0 Å². The maximum atomic E-state index is 13.1. The van der Waals surface area contributed by atoms with Crippen molar-refractivity contribution in [1.29, 1.82) is 0 Å². The molecule has 39 heavy (non-hydrogen) atoms. The van der Waals surface area contributed by atoms with Gasteiger partial charge >= 0.3 is 5.97 Å². The number of likely N-dealkylation sites (tertiary alicyclic amines) is 1. The molecule has 3 rings (SSSR count). The highest BCUT2D eigenvalue weighted by molar-refractivity contribution is 7.89. The van der Waals surface area contributed by atoms with E-state index in [2.05, 4.69) is 23.9 Å². The summed E-state index contributed by atoms with van der Waals surface area (Å²) in [6.45, 7) is 5.89. The van der Waals surface area contributed by atoms with Crippen molar-refractivity contribution in [1.82, 2.24) is 19.0 Å². The maximum Gasteiger partial charge on any atom is 0.321 e. The van der Waals surface area contributed by atoms with E-state index in [0.717, 1.165) is 49.6 Å². The number of carbonyl (C=O) groups excluding carboxylic acids is 2. The lowest BCUT2D eigenvalue weighted by Gasteiger charge is -2.36. The van der Waals surface area contributed by atoms with Gasteiger partial charge in [-0.25, -0.2) is 8.42 Å². The molecule has 1 atom stereocenters. The van der Waals surface area contributed by atoms with Crippen LogP contribution in [0.5, 0.6) is 5.75 Å². The molecule has 1 aromatic carbocycles. The van der Waals surface area contributed by atoms with Gasteiger partial charge in [0, 0.05) is 39.3 Å². The molecule has 10 nitrogen and oxygen atoms in total. The van der Waals surface area contributed by atoms with E-state index in [9.17, 15) is 18.0 Å². The largest absolute Gasteiger partial charge is 0.497 e. The first kappa shape index (κ1) is 31.3. The van der Waals surface area contributed by atoms with Gasteiger partial charge in [-0.1, -0.05) is 0 Å². The summed E-state index contributed by atoms with van der Waals surface area (Å²) in [4.78, 5) is 31.9. The Hall–Kier alpha value is -2.21. The standard InChI is InChI=1S/C28H46N4O6S/c1-20-14-25(37-7)15-21(2)28(20)39(35,36)30(5)18-27(34)38-19-26(33)31(6)23-10-8-22(9-11-23)16-32-13-12-24(17-32)29(3)4/h14-15,22-24H,8-13,16-19H2,1-7H3/t22-,23-,24?. The molecule has 0 bridgehead atoms. The number of benzene rings is 1. The van der Waals surface area contributed by atoms with Crippen molar-refractivity contribution in [2.24, 2.45) is 5.92 Å². The number of carbonyl (C=O) groups is 2. The molecular weight excluding hydrogens is 520 g/mol. The molecule has 1 saturated carbocycles. The Morgan fingerprint density at radius 1 is 0.974 bits per heavy atom. The molecule has 2 fully saturated rings. The number of hydrogen-bond acceptors (Lipinski definition) is 8.